The molecule has 0 atom stereocenters. The SMILES string of the molecule is CCOc1cccc(CN=C(N)N2CCOCC2)c1.I. The molecule has 2 N–H and O–H groups in total. The summed E-state index contributed by atoms with van der Waals surface area (Å²) in [7, 11) is 0. The Morgan fingerprint density at radius 1 is 1.40 bits per heavy atom. The van der Waals surface area contributed by atoms with Crippen LogP contribution in [-0.4, -0.2) is 43.8 Å². The Labute approximate surface area is 137 Å². The molecule has 0 saturated carbocycles. The van der Waals surface area contributed by atoms with E-state index in [4.69, 9.17) is 15.2 Å². The Morgan fingerprint density at radius 2 is 2.15 bits per heavy atom. The van der Waals surface area contributed by atoms with Gasteiger partial charge < -0.3 is 20.1 Å². The average Bonchev–Trinajstić information content (AvgIpc) is 2.46. The molecular formula is C14H22IN3O2. The second kappa shape index (κ2) is 9.02. The van der Waals surface area contributed by atoms with Crippen molar-refractivity contribution < 1.29 is 9.47 Å². The number of benzene rings is 1. The number of aliphatic imine (C=N–C) groups is 1. The predicted octanol–water partition coefficient (Wildman–Crippen LogP) is 1.85. The maximum absolute atomic E-state index is 5.98. The van der Waals surface area contributed by atoms with Crippen molar-refractivity contribution in [1.29, 1.82) is 0 Å². The second-order valence-corrected chi connectivity index (χ2v) is 4.35. The fourth-order valence-electron chi connectivity index (χ4n) is 1.97. The summed E-state index contributed by atoms with van der Waals surface area (Å²) in [4.78, 5) is 6.48. The minimum absolute atomic E-state index is 0. The number of hydrogen-bond acceptors (Lipinski definition) is 3. The van der Waals surface area contributed by atoms with E-state index in [1.54, 1.807) is 0 Å². The predicted molar refractivity (Wildman–Crippen MR) is 90.7 cm³/mol. The third kappa shape index (κ3) is 5.16. The highest BCUT2D eigenvalue weighted by Crippen LogP contribution is 2.14. The maximum Gasteiger partial charge on any atom is 0.191 e. The zero-order valence-corrected chi connectivity index (χ0v) is 14.1. The van der Waals surface area contributed by atoms with Gasteiger partial charge in [-0.1, -0.05) is 12.1 Å². The number of guanidine groups is 1. The molecule has 2 rings (SSSR count). The molecule has 0 bridgehead atoms. The zero-order valence-electron chi connectivity index (χ0n) is 11.7. The Balaban J connectivity index is 0.00000200. The van der Waals surface area contributed by atoms with E-state index in [1.807, 2.05) is 31.2 Å². The van der Waals surface area contributed by atoms with Gasteiger partial charge in [0.2, 0.25) is 0 Å². The van der Waals surface area contributed by atoms with E-state index in [-0.39, 0.29) is 24.0 Å². The summed E-state index contributed by atoms with van der Waals surface area (Å²) >= 11 is 0. The fraction of sp³-hybridized carbons (Fsp3) is 0.500. The molecule has 0 unspecified atom stereocenters. The first kappa shape index (κ1) is 17.0. The van der Waals surface area contributed by atoms with E-state index in [0.29, 0.717) is 19.1 Å². The van der Waals surface area contributed by atoms with E-state index in [2.05, 4.69) is 9.89 Å². The van der Waals surface area contributed by atoms with Crippen LogP contribution in [0, 0.1) is 0 Å². The summed E-state index contributed by atoms with van der Waals surface area (Å²) in [5, 5.41) is 0. The van der Waals surface area contributed by atoms with Crippen LogP contribution in [0.3, 0.4) is 0 Å². The van der Waals surface area contributed by atoms with Gasteiger partial charge in [0.15, 0.2) is 5.96 Å². The lowest BCUT2D eigenvalue weighted by molar-refractivity contribution is 0.0674. The van der Waals surface area contributed by atoms with Gasteiger partial charge in [0.1, 0.15) is 5.75 Å². The minimum atomic E-state index is 0. The van der Waals surface area contributed by atoms with Gasteiger partial charge >= 0.3 is 0 Å². The zero-order chi connectivity index (χ0) is 13.5. The lowest BCUT2D eigenvalue weighted by Gasteiger charge is -2.27. The summed E-state index contributed by atoms with van der Waals surface area (Å²) in [6.07, 6.45) is 0. The second-order valence-electron chi connectivity index (χ2n) is 4.35. The monoisotopic (exact) mass is 391 g/mol. The average molecular weight is 391 g/mol. The Kier molecular flexibility index (Phi) is 7.68. The summed E-state index contributed by atoms with van der Waals surface area (Å²) in [6, 6.07) is 7.95. The van der Waals surface area contributed by atoms with Gasteiger partial charge in [0.05, 0.1) is 26.4 Å². The van der Waals surface area contributed by atoms with E-state index >= 15 is 0 Å². The molecule has 5 nitrogen and oxygen atoms in total. The van der Waals surface area contributed by atoms with Crippen LogP contribution in [0.2, 0.25) is 0 Å². The third-order valence-electron chi connectivity index (χ3n) is 2.97. The van der Waals surface area contributed by atoms with Crippen LogP contribution in [0.5, 0.6) is 5.75 Å². The Morgan fingerprint density at radius 3 is 2.85 bits per heavy atom. The number of ether oxygens (including phenoxy) is 2. The first-order chi connectivity index (χ1) is 9.29. The van der Waals surface area contributed by atoms with Gasteiger partial charge in [-0.25, -0.2) is 4.99 Å². The molecule has 1 aromatic rings. The Bertz CT molecular complexity index is 434. The molecule has 1 fully saturated rings. The molecule has 0 radical (unpaired) electrons. The van der Waals surface area contributed by atoms with Crippen LogP contribution in [0.25, 0.3) is 0 Å². The Hall–Kier alpha value is -1.02. The topological polar surface area (TPSA) is 60.1 Å². The summed E-state index contributed by atoms with van der Waals surface area (Å²) in [5.41, 5.74) is 7.08. The fourth-order valence-corrected chi connectivity index (χ4v) is 1.97. The number of hydrogen-bond donors (Lipinski definition) is 1. The molecule has 0 aromatic heterocycles. The van der Waals surface area contributed by atoms with Gasteiger partial charge in [0, 0.05) is 13.1 Å². The summed E-state index contributed by atoms with van der Waals surface area (Å²) < 4.78 is 10.7. The van der Waals surface area contributed by atoms with Crippen molar-refractivity contribution in [2.24, 2.45) is 10.7 Å². The molecule has 0 amide bonds. The number of morpholine rings is 1. The van der Waals surface area contributed by atoms with Crippen LogP contribution in [0.1, 0.15) is 12.5 Å². The molecule has 0 spiro atoms. The summed E-state index contributed by atoms with van der Waals surface area (Å²) in [5.74, 6) is 1.46. The van der Waals surface area contributed by atoms with Crippen molar-refractivity contribution in [1.82, 2.24) is 4.90 Å². The summed E-state index contributed by atoms with van der Waals surface area (Å²) in [6.45, 7) is 6.28. The van der Waals surface area contributed by atoms with Crippen molar-refractivity contribution in [2.75, 3.05) is 32.9 Å². The van der Waals surface area contributed by atoms with Crippen molar-refractivity contribution in [3.05, 3.63) is 29.8 Å². The van der Waals surface area contributed by atoms with E-state index < -0.39 is 0 Å². The molecule has 1 heterocycles. The van der Waals surface area contributed by atoms with E-state index in [9.17, 15) is 0 Å². The molecule has 1 aromatic carbocycles. The largest absolute Gasteiger partial charge is 0.494 e. The van der Waals surface area contributed by atoms with Crippen LogP contribution in [0.4, 0.5) is 0 Å². The minimum Gasteiger partial charge on any atom is -0.494 e. The molecule has 0 aliphatic carbocycles. The highest BCUT2D eigenvalue weighted by Gasteiger charge is 2.11. The van der Waals surface area contributed by atoms with Gasteiger partial charge in [-0.3, -0.25) is 0 Å². The van der Waals surface area contributed by atoms with Gasteiger partial charge in [-0.15, -0.1) is 24.0 Å². The standard InChI is InChI=1S/C14H21N3O2.HI/c1-2-19-13-5-3-4-12(10-13)11-16-14(15)17-6-8-18-9-7-17;/h3-5,10H,2,6-9,11H2,1H3,(H2,15,16);1H. The van der Waals surface area contributed by atoms with Crippen LogP contribution in [-0.2, 0) is 11.3 Å². The van der Waals surface area contributed by atoms with Crippen LogP contribution < -0.4 is 10.5 Å². The van der Waals surface area contributed by atoms with Crippen LogP contribution >= 0.6 is 24.0 Å². The van der Waals surface area contributed by atoms with E-state index in [1.165, 1.54) is 0 Å². The molecule has 1 saturated heterocycles. The molecule has 1 aliphatic heterocycles. The highest BCUT2D eigenvalue weighted by atomic mass is 127. The first-order valence-electron chi connectivity index (χ1n) is 6.64. The number of nitrogens with two attached hydrogens (primary N) is 1. The molecular weight excluding hydrogens is 369 g/mol. The number of halogens is 1. The first-order valence-corrected chi connectivity index (χ1v) is 6.64. The van der Waals surface area contributed by atoms with Gasteiger partial charge in [0.25, 0.3) is 0 Å². The maximum atomic E-state index is 5.98. The number of nitrogens with zero attached hydrogens (tertiary/aromatic N) is 2. The molecule has 20 heavy (non-hydrogen) atoms. The lowest BCUT2D eigenvalue weighted by atomic mass is 10.2. The van der Waals surface area contributed by atoms with E-state index in [0.717, 1.165) is 37.6 Å². The van der Waals surface area contributed by atoms with Crippen molar-refractivity contribution in [3.8, 4) is 5.75 Å². The highest BCUT2D eigenvalue weighted by molar-refractivity contribution is 14.0. The van der Waals surface area contributed by atoms with Crippen LogP contribution in [0.15, 0.2) is 29.3 Å². The third-order valence-corrected chi connectivity index (χ3v) is 2.97. The van der Waals surface area contributed by atoms with Gasteiger partial charge in [-0.05, 0) is 24.6 Å². The lowest BCUT2D eigenvalue weighted by Crippen LogP contribution is -2.44. The quantitative estimate of drug-likeness (QED) is 0.484. The molecule has 6 heteroatoms. The number of rotatable bonds is 4. The smallest absolute Gasteiger partial charge is 0.191 e. The molecule has 1 aliphatic rings. The van der Waals surface area contributed by atoms with Gasteiger partial charge in [-0.2, -0.15) is 0 Å². The normalized spacial score (nSPS) is 15.7. The molecule has 112 valence electrons. The van der Waals surface area contributed by atoms with Crippen molar-refractivity contribution in [2.45, 2.75) is 13.5 Å². The van der Waals surface area contributed by atoms with Crippen molar-refractivity contribution in [3.63, 3.8) is 0 Å². The van der Waals surface area contributed by atoms with Crippen molar-refractivity contribution >= 4 is 29.9 Å².